The Morgan fingerprint density at radius 2 is 1.88 bits per heavy atom. The van der Waals surface area contributed by atoms with Gasteiger partial charge in [-0.2, -0.15) is 6.07 Å². The fourth-order valence-corrected chi connectivity index (χ4v) is 2.56. The molecule has 0 unspecified atom stereocenters. The molecule has 0 aliphatic rings. The van der Waals surface area contributed by atoms with E-state index in [2.05, 4.69) is 47.3 Å². The van der Waals surface area contributed by atoms with Crippen molar-refractivity contribution in [2.45, 2.75) is 20.3 Å². The average Bonchev–Trinajstić information content (AvgIpc) is 2.64. The zero-order valence-electron chi connectivity index (χ0n) is 14.9. The molecular formula is C21H20N3OPr-. The van der Waals surface area contributed by atoms with Crippen molar-refractivity contribution < 1.29 is 46.1 Å². The van der Waals surface area contributed by atoms with Gasteiger partial charge in [-0.05, 0) is 54.1 Å². The molecule has 0 saturated carbocycles. The third-order valence-electron chi connectivity index (χ3n) is 3.76. The smallest absolute Gasteiger partial charge is 0.130 e. The number of nitrogens with one attached hydrogen (secondary N) is 1. The van der Waals surface area contributed by atoms with E-state index >= 15 is 0 Å². The Labute approximate surface area is 187 Å². The molecular weight excluding hydrogens is 451 g/mol. The monoisotopic (exact) mass is 471 g/mol. The summed E-state index contributed by atoms with van der Waals surface area (Å²) in [7, 11) is 0. The first kappa shape index (κ1) is 20.7. The maximum absolute atomic E-state index is 12.3. The van der Waals surface area contributed by atoms with Crippen LogP contribution >= 0.6 is 0 Å². The number of hydrogen-bond donors (Lipinski definition) is 1. The van der Waals surface area contributed by atoms with Gasteiger partial charge in [-0.3, -0.25) is 4.98 Å². The average molecular weight is 471 g/mol. The van der Waals surface area contributed by atoms with Crippen LogP contribution in [0.2, 0.25) is 0 Å². The number of aromatic nitrogens is 2. The molecule has 0 amide bonds. The molecule has 0 saturated heterocycles. The van der Waals surface area contributed by atoms with Crippen LogP contribution in [0.3, 0.4) is 0 Å². The van der Waals surface area contributed by atoms with Gasteiger partial charge in [-0.25, -0.2) is 4.98 Å². The summed E-state index contributed by atoms with van der Waals surface area (Å²) in [5.41, 5.74) is 3.31. The number of benzene rings is 1. The molecule has 1 N–H and O–H groups in total. The Hall–Kier alpha value is -1.65. The summed E-state index contributed by atoms with van der Waals surface area (Å²) >= 11 is 0. The summed E-state index contributed by atoms with van der Waals surface area (Å²) < 4.78 is 0. The molecule has 0 aliphatic heterocycles. The van der Waals surface area contributed by atoms with Gasteiger partial charge in [0.25, 0.3) is 0 Å². The maximum atomic E-state index is 12.3. The second kappa shape index (κ2) is 9.89. The van der Waals surface area contributed by atoms with Crippen molar-refractivity contribution in [2.24, 2.45) is 5.92 Å². The molecule has 3 aromatic rings. The fraction of sp³-hybridized carbons (Fsp3) is 0.190. The zero-order chi connectivity index (χ0) is 17.6. The van der Waals surface area contributed by atoms with E-state index in [0.29, 0.717) is 22.9 Å². The van der Waals surface area contributed by atoms with Gasteiger partial charge in [0.05, 0.1) is 5.78 Å². The molecule has 4 nitrogen and oxygen atoms in total. The van der Waals surface area contributed by atoms with Crippen LogP contribution in [0.5, 0.6) is 0 Å². The number of ketones is 1. The topological polar surface area (TPSA) is 54.9 Å². The minimum Gasteiger partial charge on any atom is -0.365 e. The van der Waals surface area contributed by atoms with E-state index in [9.17, 15) is 4.79 Å². The number of carbonyl (C=O) groups excluding carboxylic acids is 1. The second-order valence-electron chi connectivity index (χ2n) is 6.33. The summed E-state index contributed by atoms with van der Waals surface area (Å²) in [5, 5.41) is 3.25. The Kier molecular flexibility index (Phi) is 7.86. The van der Waals surface area contributed by atoms with Crippen LogP contribution in [0.1, 0.15) is 35.3 Å². The Bertz CT molecular complexity index is 831. The minimum absolute atomic E-state index is 0. The molecule has 26 heavy (non-hydrogen) atoms. The predicted molar refractivity (Wildman–Crippen MR) is 99.0 cm³/mol. The molecule has 5 heteroatoms. The largest absolute Gasteiger partial charge is 0.365 e. The van der Waals surface area contributed by atoms with E-state index in [1.54, 1.807) is 30.6 Å². The normalized spacial score (nSPS) is 10.3. The van der Waals surface area contributed by atoms with Crippen LogP contribution in [-0.2, 0) is 6.42 Å². The third kappa shape index (κ3) is 5.68. The molecule has 2 aromatic heterocycles. The van der Waals surface area contributed by atoms with Crippen LogP contribution < -0.4 is 5.32 Å². The van der Waals surface area contributed by atoms with Gasteiger partial charge in [0.15, 0.2) is 0 Å². The van der Waals surface area contributed by atoms with Crippen LogP contribution in [0.4, 0.5) is 11.5 Å². The molecule has 3 rings (SSSR count). The van der Waals surface area contributed by atoms with E-state index in [-0.39, 0.29) is 47.1 Å². The predicted octanol–water partition coefficient (Wildman–Crippen LogP) is 4.45. The van der Waals surface area contributed by atoms with Gasteiger partial charge < -0.3 is 10.1 Å². The van der Waals surface area contributed by atoms with Crippen molar-refractivity contribution in [2.75, 3.05) is 5.32 Å². The van der Waals surface area contributed by atoms with Crippen molar-refractivity contribution in [1.29, 1.82) is 0 Å². The Morgan fingerprint density at radius 1 is 1.12 bits per heavy atom. The number of hydrogen-bond acceptors (Lipinski definition) is 4. The molecule has 1 aromatic carbocycles. The number of nitrogens with zero attached hydrogens (tertiary/aromatic N) is 2. The van der Waals surface area contributed by atoms with Crippen molar-refractivity contribution in [3.05, 3.63) is 83.8 Å². The van der Waals surface area contributed by atoms with E-state index in [1.165, 1.54) is 11.8 Å². The summed E-state index contributed by atoms with van der Waals surface area (Å²) in [5.74, 6) is 1.23. The van der Waals surface area contributed by atoms with Crippen LogP contribution in [0.25, 0.3) is 0 Å². The van der Waals surface area contributed by atoms with Gasteiger partial charge in [0.2, 0.25) is 0 Å². The van der Waals surface area contributed by atoms with E-state index < -0.39 is 0 Å². The van der Waals surface area contributed by atoms with Crippen LogP contribution in [0.15, 0.2) is 61.1 Å². The molecule has 0 bridgehead atoms. The molecule has 1 radical (unpaired) electrons. The zero-order valence-corrected chi connectivity index (χ0v) is 18.6. The standard InChI is InChI=1S/C21H20N3O.Pr/c1-15(2)13-16-3-6-19(7-4-16)24-20-8-5-18(14-23-20)21(25)17-9-11-22-12-10-17;/h3-9,11-12,14-15H,13H2,1-2H3,(H,23,24);/q-1;. The first-order valence-electron chi connectivity index (χ1n) is 8.30. The number of pyridine rings is 2. The number of rotatable bonds is 6. The summed E-state index contributed by atoms with van der Waals surface area (Å²) in [6.45, 7) is 4.42. The second-order valence-corrected chi connectivity index (χ2v) is 6.33. The number of carbonyl (C=O) groups is 1. The molecule has 2 heterocycles. The van der Waals surface area contributed by atoms with Gasteiger partial charge in [-0.15, -0.1) is 11.6 Å². The maximum Gasteiger partial charge on any atom is 0.130 e. The molecule has 129 valence electrons. The first-order valence-corrected chi connectivity index (χ1v) is 8.30. The first-order chi connectivity index (χ1) is 12.1. The summed E-state index contributed by atoms with van der Waals surface area (Å²) in [4.78, 5) is 20.5. The van der Waals surface area contributed by atoms with Gasteiger partial charge in [0.1, 0.15) is 5.82 Å². The van der Waals surface area contributed by atoms with E-state index in [1.807, 2.05) is 12.1 Å². The van der Waals surface area contributed by atoms with Gasteiger partial charge in [-0.1, -0.05) is 32.0 Å². The molecule has 0 atom stereocenters. The van der Waals surface area contributed by atoms with Crippen LogP contribution in [0, 0.1) is 53.3 Å². The molecule has 0 aliphatic carbocycles. The molecule has 0 fully saturated rings. The Morgan fingerprint density at radius 3 is 2.46 bits per heavy atom. The Balaban J connectivity index is 0.00000243. The van der Waals surface area contributed by atoms with E-state index in [0.717, 1.165) is 12.1 Å². The SMILES string of the molecule is CC(C)Cc1ccc(Nc2ccc(C(=O)c3[c-]cncc3)cn2)cc1.[Pr]. The quantitative estimate of drug-likeness (QED) is 0.427. The number of anilines is 2. The minimum atomic E-state index is -0.112. The van der Waals surface area contributed by atoms with Crippen molar-refractivity contribution in [3.63, 3.8) is 0 Å². The van der Waals surface area contributed by atoms with Crippen molar-refractivity contribution >= 4 is 17.3 Å². The fourth-order valence-electron chi connectivity index (χ4n) is 2.56. The molecule has 0 spiro atoms. The van der Waals surface area contributed by atoms with Gasteiger partial charge in [0, 0.05) is 53.2 Å². The van der Waals surface area contributed by atoms with Gasteiger partial charge >= 0.3 is 0 Å². The summed E-state index contributed by atoms with van der Waals surface area (Å²) in [6, 6.07) is 16.4. The van der Waals surface area contributed by atoms with Crippen molar-refractivity contribution in [1.82, 2.24) is 9.97 Å². The summed E-state index contributed by atoms with van der Waals surface area (Å²) in [6.07, 6.45) is 5.71. The van der Waals surface area contributed by atoms with Crippen LogP contribution in [-0.4, -0.2) is 15.8 Å². The van der Waals surface area contributed by atoms with E-state index in [4.69, 9.17) is 0 Å². The third-order valence-corrected chi connectivity index (χ3v) is 3.76. The van der Waals surface area contributed by atoms with Crippen molar-refractivity contribution in [3.8, 4) is 0 Å².